The van der Waals surface area contributed by atoms with Crippen LogP contribution >= 0.6 is 0 Å². The largest absolute Gasteiger partial charge is 0.456 e. The van der Waals surface area contributed by atoms with Gasteiger partial charge in [0.15, 0.2) is 0 Å². The normalized spacial score (nSPS) is 11.3. The van der Waals surface area contributed by atoms with Gasteiger partial charge in [-0.2, -0.15) is 0 Å². The van der Waals surface area contributed by atoms with Crippen molar-refractivity contribution >= 4 is 49.8 Å². The van der Waals surface area contributed by atoms with Crippen LogP contribution in [0.5, 0.6) is 0 Å². The molecule has 226 valence electrons. The summed E-state index contributed by atoms with van der Waals surface area (Å²) in [4.78, 5) is 2.40. The molecule has 0 aliphatic carbocycles. The summed E-state index contributed by atoms with van der Waals surface area (Å²) in [6, 6.07) is 67.0. The van der Waals surface area contributed by atoms with E-state index in [9.17, 15) is 0 Å². The number of hydrogen-bond acceptors (Lipinski definition) is 2. The van der Waals surface area contributed by atoms with Crippen LogP contribution in [0.3, 0.4) is 0 Å². The van der Waals surface area contributed by atoms with E-state index in [2.05, 4.69) is 181 Å². The van der Waals surface area contributed by atoms with E-state index in [0.29, 0.717) is 0 Å². The van der Waals surface area contributed by atoms with Crippen molar-refractivity contribution < 1.29 is 4.42 Å². The standard InChI is InChI=1S/C46H31NO/c1-4-14-32(15-5-1)36-28-37(33-16-6-2-7-17-33)30-39(29-36)47(38-25-26-42-41-22-12-13-23-44(41)48-45(42)31-38)43-27-24-34-18-10-11-21-40(34)46(43)35-19-8-3-9-20-35/h1-31H. The fourth-order valence-corrected chi connectivity index (χ4v) is 6.97. The summed E-state index contributed by atoms with van der Waals surface area (Å²) in [6.45, 7) is 0. The van der Waals surface area contributed by atoms with Crippen LogP contribution < -0.4 is 4.90 Å². The minimum Gasteiger partial charge on any atom is -0.456 e. The van der Waals surface area contributed by atoms with Crippen LogP contribution in [-0.4, -0.2) is 0 Å². The Kier molecular flexibility index (Phi) is 6.84. The zero-order chi connectivity index (χ0) is 31.9. The zero-order valence-corrected chi connectivity index (χ0v) is 26.3. The van der Waals surface area contributed by atoms with Gasteiger partial charge in [-0.3, -0.25) is 0 Å². The Morgan fingerprint density at radius 2 is 0.896 bits per heavy atom. The number of fused-ring (bicyclic) bond motifs is 4. The molecule has 0 fully saturated rings. The first kappa shape index (κ1) is 27.9. The van der Waals surface area contributed by atoms with E-state index in [1.54, 1.807) is 0 Å². The lowest BCUT2D eigenvalue weighted by Crippen LogP contribution is -2.12. The molecular formula is C46H31NO. The minimum atomic E-state index is 0.864. The Hall–Kier alpha value is -6.38. The number of benzene rings is 8. The van der Waals surface area contributed by atoms with Crippen LogP contribution in [0.15, 0.2) is 192 Å². The van der Waals surface area contributed by atoms with Gasteiger partial charge in [-0.15, -0.1) is 0 Å². The smallest absolute Gasteiger partial charge is 0.137 e. The van der Waals surface area contributed by atoms with Crippen molar-refractivity contribution in [2.24, 2.45) is 0 Å². The highest BCUT2D eigenvalue weighted by molar-refractivity contribution is 6.08. The highest BCUT2D eigenvalue weighted by atomic mass is 16.3. The minimum absolute atomic E-state index is 0.864. The predicted octanol–water partition coefficient (Wildman–Crippen LogP) is 13.2. The summed E-state index contributed by atoms with van der Waals surface area (Å²) in [6.07, 6.45) is 0. The van der Waals surface area contributed by atoms with E-state index in [1.807, 2.05) is 12.1 Å². The van der Waals surface area contributed by atoms with Crippen molar-refractivity contribution in [3.05, 3.63) is 188 Å². The zero-order valence-electron chi connectivity index (χ0n) is 26.3. The Balaban J connectivity index is 1.37. The van der Waals surface area contributed by atoms with Gasteiger partial charge in [-0.25, -0.2) is 0 Å². The molecule has 48 heavy (non-hydrogen) atoms. The third-order valence-corrected chi connectivity index (χ3v) is 9.22. The molecule has 0 unspecified atom stereocenters. The molecule has 1 aromatic heterocycles. The van der Waals surface area contributed by atoms with Crippen LogP contribution in [0.2, 0.25) is 0 Å². The number of hydrogen-bond donors (Lipinski definition) is 0. The molecule has 0 bridgehead atoms. The summed E-state index contributed by atoms with van der Waals surface area (Å²) in [5, 5.41) is 4.65. The lowest BCUT2D eigenvalue weighted by Gasteiger charge is -2.29. The Morgan fingerprint density at radius 1 is 0.333 bits per heavy atom. The molecular weight excluding hydrogens is 583 g/mol. The van der Waals surface area contributed by atoms with Crippen LogP contribution in [0.25, 0.3) is 66.1 Å². The van der Waals surface area contributed by atoms with Crippen molar-refractivity contribution in [2.45, 2.75) is 0 Å². The molecule has 0 spiro atoms. The molecule has 0 saturated carbocycles. The molecule has 0 radical (unpaired) electrons. The van der Waals surface area contributed by atoms with Gasteiger partial charge in [0.2, 0.25) is 0 Å². The average Bonchev–Trinajstić information content (AvgIpc) is 3.54. The van der Waals surface area contributed by atoms with E-state index in [0.717, 1.165) is 50.1 Å². The van der Waals surface area contributed by atoms with Crippen molar-refractivity contribution in [3.63, 3.8) is 0 Å². The topological polar surface area (TPSA) is 16.4 Å². The molecule has 2 nitrogen and oxygen atoms in total. The van der Waals surface area contributed by atoms with Gasteiger partial charge >= 0.3 is 0 Å². The second-order valence-electron chi connectivity index (χ2n) is 12.2. The molecule has 1 heterocycles. The highest BCUT2D eigenvalue weighted by Gasteiger charge is 2.22. The Morgan fingerprint density at radius 3 is 1.58 bits per heavy atom. The number of para-hydroxylation sites is 1. The van der Waals surface area contributed by atoms with E-state index in [4.69, 9.17) is 4.42 Å². The maximum absolute atomic E-state index is 6.46. The highest BCUT2D eigenvalue weighted by Crippen LogP contribution is 2.47. The molecule has 0 aliphatic heterocycles. The first-order chi connectivity index (χ1) is 23.8. The maximum atomic E-state index is 6.46. The Bertz CT molecular complexity index is 2490. The first-order valence-corrected chi connectivity index (χ1v) is 16.3. The number of furan rings is 1. The van der Waals surface area contributed by atoms with Gasteiger partial charge < -0.3 is 9.32 Å². The van der Waals surface area contributed by atoms with E-state index in [1.165, 1.54) is 33.0 Å². The van der Waals surface area contributed by atoms with Crippen LogP contribution in [0.4, 0.5) is 17.1 Å². The van der Waals surface area contributed by atoms with Gasteiger partial charge in [-0.1, -0.05) is 140 Å². The third kappa shape index (κ3) is 4.92. The van der Waals surface area contributed by atoms with Gasteiger partial charge in [0.25, 0.3) is 0 Å². The van der Waals surface area contributed by atoms with Crippen LogP contribution in [-0.2, 0) is 0 Å². The molecule has 0 atom stereocenters. The van der Waals surface area contributed by atoms with Crippen molar-refractivity contribution in [2.75, 3.05) is 4.90 Å². The van der Waals surface area contributed by atoms with E-state index < -0.39 is 0 Å². The third-order valence-electron chi connectivity index (χ3n) is 9.22. The van der Waals surface area contributed by atoms with Gasteiger partial charge in [0, 0.05) is 33.8 Å². The summed E-state index contributed by atoms with van der Waals surface area (Å²) >= 11 is 0. The molecule has 0 amide bonds. The summed E-state index contributed by atoms with van der Waals surface area (Å²) in [5.74, 6) is 0. The average molecular weight is 614 g/mol. The fourth-order valence-electron chi connectivity index (χ4n) is 6.97. The molecule has 0 saturated heterocycles. The fraction of sp³-hybridized carbons (Fsp3) is 0. The van der Waals surface area contributed by atoms with Gasteiger partial charge in [-0.05, 0) is 81.1 Å². The second-order valence-corrected chi connectivity index (χ2v) is 12.2. The van der Waals surface area contributed by atoms with Crippen LogP contribution in [0.1, 0.15) is 0 Å². The summed E-state index contributed by atoms with van der Waals surface area (Å²) in [5.41, 5.74) is 12.0. The lowest BCUT2D eigenvalue weighted by molar-refractivity contribution is 0.669. The molecule has 0 aliphatic rings. The molecule has 0 N–H and O–H groups in total. The van der Waals surface area contributed by atoms with Crippen molar-refractivity contribution in [1.29, 1.82) is 0 Å². The Labute approximate surface area is 279 Å². The molecule has 8 aromatic carbocycles. The maximum Gasteiger partial charge on any atom is 0.137 e. The molecule has 9 aromatic rings. The van der Waals surface area contributed by atoms with Crippen molar-refractivity contribution in [3.8, 4) is 33.4 Å². The summed E-state index contributed by atoms with van der Waals surface area (Å²) in [7, 11) is 0. The first-order valence-electron chi connectivity index (χ1n) is 16.3. The predicted molar refractivity (Wildman–Crippen MR) is 202 cm³/mol. The number of nitrogens with zero attached hydrogens (tertiary/aromatic N) is 1. The van der Waals surface area contributed by atoms with Crippen LogP contribution in [0, 0.1) is 0 Å². The van der Waals surface area contributed by atoms with E-state index >= 15 is 0 Å². The quantitative estimate of drug-likeness (QED) is 0.185. The SMILES string of the molecule is c1ccc(-c2cc(-c3ccccc3)cc(N(c3ccc4c(c3)oc3ccccc34)c3ccc4ccccc4c3-c3ccccc3)c2)cc1. The van der Waals surface area contributed by atoms with Gasteiger partial charge in [0.1, 0.15) is 11.2 Å². The monoisotopic (exact) mass is 613 g/mol. The van der Waals surface area contributed by atoms with Crippen molar-refractivity contribution in [1.82, 2.24) is 0 Å². The molecule has 2 heteroatoms. The summed E-state index contributed by atoms with van der Waals surface area (Å²) < 4.78 is 6.46. The molecule has 9 rings (SSSR count). The van der Waals surface area contributed by atoms with Gasteiger partial charge in [0.05, 0.1) is 5.69 Å². The lowest BCUT2D eigenvalue weighted by atomic mass is 9.94. The number of anilines is 3. The van der Waals surface area contributed by atoms with E-state index in [-0.39, 0.29) is 0 Å². The number of rotatable bonds is 6. The second kappa shape index (κ2) is 11.8.